The van der Waals surface area contributed by atoms with Crippen molar-refractivity contribution in [3.05, 3.63) is 70.8 Å². The van der Waals surface area contributed by atoms with E-state index in [1.165, 1.54) is 28.7 Å². The van der Waals surface area contributed by atoms with Crippen LogP contribution >= 0.6 is 24.0 Å². The molecule has 2 aromatic rings. The summed E-state index contributed by atoms with van der Waals surface area (Å²) in [5.41, 5.74) is 5.84. The minimum atomic E-state index is -0.0876. The lowest BCUT2D eigenvalue weighted by molar-refractivity contribution is 0.224. The monoisotopic (exact) mass is 351 g/mol. The quantitative estimate of drug-likeness (QED) is 0.625. The topological polar surface area (TPSA) is 3.24 Å². The molecule has 2 heterocycles. The van der Waals surface area contributed by atoms with Crippen molar-refractivity contribution in [2.45, 2.75) is 41.7 Å². The van der Waals surface area contributed by atoms with E-state index in [1.807, 2.05) is 0 Å². The number of rotatable bonds is 0. The maximum atomic E-state index is 5.96. The Balaban J connectivity index is 1.76. The van der Waals surface area contributed by atoms with Crippen LogP contribution in [-0.2, 0) is 16.7 Å². The molecule has 3 heteroatoms. The predicted molar refractivity (Wildman–Crippen MR) is 106 cm³/mol. The van der Waals surface area contributed by atoms with Crippen LogP contribution < -0.4 is 0 Å². The summed E-state index contributed by atoms with van der Waals surface area (Å²) < 4.78 is 0. The number of likely N-dealkylation sites (N-methyl/N-ethyl adjacent to an activating group) is 1. The Kier molecular flexibility index (Phi) is 2.90. The van der Waals surface area contributed by atoms with Crippen molar-refractivity contribution in [1.82, 2.24) is 4.90 Å². The van der Waals surface area contributed by atoms with Gasteiger partial charge >= 0.3 is 0 Å². The highest BCUT2D eigenvalue weighted by molar-refractivity contribution is 8.02. The van der Waals surface area contributed by atoms with Crippen molar-refractivity contribution >= 4 is 29.0 Å². The first-order chi connectivity index (χ1) is 11.5. The fourth-order valence-corrected chi connectivity index (χ4v) is 7.37. The summed E-state index contributed by atoms with van der Waals surface area (Å²) in [4.78, 5) is 3.45. The first-order valence-electron chi connectivity index (χ1n) is 8.62. The van der Waals surface area contributed by atoms with E-state index in [0.717, 1.165) is 4.99 Å². The normalized spacial score (nSPS) is 32.1. The molecule has 1 saturated heterocycles. The maximum absolute atomic E-state index is 5.96. The molecule has 122 valence electrons. The molecular weight excluding hydrogens is 330 g/mol. The molecule has 2 aromatic carbocycles. The van der Waals surface area contributed by atoms with Crippen LogP contribution in [0, 0.1) is 0 Å². The minimum Gasteiger partial charge on any atom is -0.349 e. The third-order valence-corrected chi connectivity index (χ3v) is 8.89. The van der Waals surface area contributed by atoms with Crippen molar-refractivity contribution in [3.8, 4) is 0 Å². The van der Waals surface area contributed by atoms with Crippen LogP contribution in [-0.4, -0.2) is 22.2 Å². The number of benzene rings is 2. The maximum Gasteiger partial charge on any atom is 0.120 e. The molecule has 0 saturated carbocycles. The van der Waals surface area contributed by atoms with Crippen LogP contribution in [0.1, 0.15) is 42.0 Å². The fraction of sp³-hybridized carbons (Fsp3) is 0.381. The van der Waals surface area contributed by atoms with Gasteiger partial charge in [-0.05, 0) is 42.5 Å². The first-order valence-corrected chi connectivity index (χ1v) is 9.90. The zero-order chi connectivity index (χ0) is 16.7. The minimum absolute atomic E-state index is 0.0273. The molecule has 3 atom stereocenters. The number of fused-ring (bicyclic) bond motifs is 6. The molecule has 1 spiro atoms. The number of thioether (sulfide) groups is 1. The first kappa shape index (κ1) is 15.0. The van der Waals surface area contributed by atoms with Gasteiger partial charge in [0.05, 0.1) is 4.99 Å². The van der Waals surface area contributed by atoms with E-state index in [9.17, 15) is 0 Å². The van der Waals surface area contributed by atoms with Crippen LogP contribution in [0.25, 0.3) is 0 Å². The lowest BCUT2D eigenvalue weighted by Gasteiger charge is -2.62. The average Bonchev–Trinajstić information content (AvgIpc) is 2.87. The van der Waals surface area contributed by atoms with Gasteiger partial charge < -0.3 is 4.90 Å². The second kappa shape index (κ2) is 4.64. The summed E-state index contributed by atoms with van der Waals surface area (Å²) in [5, 5.41) is 0.682. The molecule has 0 radical (unpaired) electrons. The molecule has 1 fully saturated rings. The van der Waals surface area contributed by atoms with Gasteiger partial charge in [0.2, 0.25) is 0 Å². The lowest BCUT2D eigenvalue weighted by Crippen LogP contribution is -2.63. The molecule has 0 amide bonds. The molecule has 2 aliphatic heterocycles. The largest absolute Gasteiger partial charge is 0.349 e. The van der Waals surface area contributed by atoms with Crippen molar-refractivity contribution in [2.24, 2.45) is 0 Å². The van der Waals surface area contributed by atoms with Gasteiger partial charge in [0, 0.05) is 23.6 Å². The van der Waals surface area contributed by atoms with Gasteiger partial charge in [0.25, 0.3) is 0 Å². The molecule has 24 heavy (non-hydrogen) atoms. The Bertz CT molecular complexity index is 872. The average molecular weight is 352 g/mol. The molecule has 1 aliphatic carbocycles. The van der Waals surface area contributed by atoms with E-state index in [1.54, 1.807) is 0 Å². The van der Waals surface area contributed by atoms with Gasteiger partial charge in [-0.1, -0.05) is 60.7 Å². The molecule has 2 unspecified atom stereocenters. The zero-order valence-corrected chi connectivity index (χ0v) is 15.9. The summed E-state index contributed by atoms with van der Waals surface area (Å²) in [6, 6.07) is 18.0. The van der Waals surface area contributed by atoms with Gasteiger partial charge in [0.15, 0.2) is 0 Å². The number of hydrogen-bond donors (Lipinski definition) is 0. The van der Waals surface area contributed by atoms with Crippen LogP contribution in [0.3, 0.4) is 0 Å². The zero-order valence-electron chi connectivity index (χ0n) is 14.2. The van der Waals surface area contributed by atoms with E-state index in [-0.39, 0.29) is 10.3 Å². The van der Waals surface area contributed by atoms with Gasteiger partial charge in [-0.2, -0.15) is 0 Å². The Morgan fingerprint density at radius 1 is 1.04 bits per heavy atom. The number of thiocarbonyl (C=S) groups is 1. The molecule has 0 aromatic heterocycles. The number of nitrogens with zero attached hydrogens (tertiary/aromatic N) is 1. The van der Waals surface area contributed by atoms with Gasteiger partial charge in [-0.25, -0.2) is 0 Å². The molecule has 0 N–H and O–H groups in total. The second-order valence-electron chi connectivity index (χ2n) is 7.77. The third kappa shape index (κ3) is 1.56. The molecule has 5 rings (SSSR count). The Morgan fingerprint density at radius 3 is 2.50 bits per heavy atom. The lowest BCUT2D eigenvalue weighted by atomic mass is 9.71. The standard InChI is InChI=1S/C21H21NS2/c1-20(2)15-10-6-7-11-16(15)21(22(3)19(20)23)18-14-9-5-4-8-13(14)12-17(18)24-21/h4-11,17-18H,12H2,1-3H3/t17?,18?,21-/m0/s1. The summed E-state index contributed by atoms with van der Waals surface area (Å²) in [6.07, 6.45) is 1.19. The van der Waals surface area contributed by atoms with Gasteiger partial charge in [-0.3, -0.25) is 0 Å². The molecular formula is C21H21NS2. The summed E-state index contributed by atoms with van der Waals surface area (Å²) in [7, 11) is 2.21. The van der Waals surface area contributed by atoms with E-state index in [4.69, 9.17) is 12.2 Å². The van der Waals surface area contributed by atoms with Crippen molar-refractivity contribution in [2.75, 3.05) is 7.05 Å². The van der Waals surface area contributed by atoms with Gasteiger partial charge in [0.1, 0.15) is 4.87 Å². The highest BCUT2D eigenvalue weighted by atomic mass is 32.2. The Hall–Kier alpha value is -1.32. The summed E-state index contributed by atoms with van der Waals surface area (Å²) in [6.45, 7) is 4.53. The Morgan fingerprint density at radius 2 is 1.71 bits per heavy atom. The van der Waals surface area contributed by atoms with E-state index in [0.29, 0.717) is 11.2 Å². The van der Waals surface area contributed by atoms with Gasteiger partial charge in [-0.15, -0.1) is 11.8 Å². The molecule has 1 nitrogen and oxygen atoms in total. The highest BCUT2D eigenvalue weighted by Gasteiger charge is 2.65. The van der Waals surface area contributed by atoms with E-state index < -0.39 is 0 Å². The molecule has 3 aliphatic rings. The summed E-state index contributed by atoms with van der Waals surface area (Å²) >= 11 is 8.08. The molecule has 0 bridgehead atoms. The van der Waals surface area contributed by atoms with Crippen LogP contribution in [0.15, 0.2) is 48.5 Å². The fourth-order valence-electron chi connectivity index (χ4n) is 5.09. The third-order valence-electron chi connectivity index (χ3n) is 6.26. The van der Waals surface area contributed by atoms with Crippen molar-refractivity contribution in [1.29, 1.82) is 0 Å². The predicted octanol–water partition coefficient (Wildman–Crippen LogP) is 4.85. The second-order valence-corrected chi connectivity index (χ2v) is 9.62. The smallest absolute Gasteiger partial charge is 0.120 e. The van der Waals surface area contributed by atoms with Crippen LogP contribution in [0.5, 0.6) is 0 Å². The number of hydrogen-bond acceptors (Lipinski definition) is 2. The van der Waals surface area contributed by atoms with Crippen LogP contribution in [0.4, 0.5) is 0 Å². The summed E-state index contributed by atoms with van der Waals surface area (Å²) in [5.74, 6) is 0.541. The Labute approximate surface area is 153 Å². The highest BCUT2D eigenvalue weighted by Crippen LogP contribution is 2.70. The van der Waals surface area contributed by atoms with Crippen molar-refractivity contribution < 1.29 is 0 Å². The SMILES string of the molecule is CN1C(=S)C(C)(C)c2ccccc2[C@@]12SC1Cc3ccccc3C12. The van der Waals surface area contributed by atoms with Crippen LogP contribution in [0.2, 0.25) is 0 Å². The van der Waals surface area contributed by atoms with Crippen molar-refractivity contribution in [3.63, 3.8) is 0 Å². The van der Waals surface area contributed by atoms with E-state index in [2.05, 4.69) is 86.1 Å². The van der Waals surface area contributed by atoms with E-state index >= 15 is 0 Å².